The van der Waals surface area contributed by atoms with Crippen LogP contribution in [0.1, 0.15) is 36.3 Å². The summed E-state index contributed by atoms with van der Waals surface area (Å²) in [6, 6.07) is 15.3. The average molecular weight is 434 g/mol. The van der Waals surface area contributed by atoms with E-state index in [4.69, 9.17) is 4.74 Å². The van der Waals surface area contributed by atoms with Crippen LogP contribution in [0, 0.1) is 5.92 Å². The molecule has 2 aliphatic carbocycles. The molecule has 32 heavy (non-hydrogen) atoms. The predicted octanol–water partition coefficient (Wildman–Crippen LogP) is 3.45. The SMILES string of the molecule is O=C(/C=C/CNC(=O)OCC1c2ccccc2-c2ccccc21)NC(CC1CC1)C(=O)O. The zero-order chi connectivity index (χ0) is 22.5. The second kappa shape index (κ2) is 9.68. The highest BCUT2D eigenvalue weighted by Gasteiger charge is 2.30. The van der Waals surface area contributed by atoms with Gasteiger partial charge in [0.05, 0.1) is 0 Å². The maximum Gasteiger partial charge on any atom is 0.407 e. The predicted molar refractivity (Wildman–Crippen MR) is 119 cm³/mol. The summed E-state index contributed by atoms with van der Waals surface area (Å²) in [4.78, 5) is 35.3. The number of carbonyl (C=O) groups excluding carboxylic acids is 2. The van der Waals surface area contributed by atoms with Crippen LogP contribution in [0.5, 0.6) is 0 Å². The molecule has 7 nitrogen and oxygen atoms in total. The molecule has 0 bridgehead atoms. The minimum atomic E-state index is -1.03. The normalized spacial score (nSPS) is 15.6. The van der Waals surface area contributed by atoms with Crippen molar-refractivity contribution in [3.05, 3.63) is 71.8 Å². The van der Waals surface area contributed by atoms with E-state index in [-0.39, 0.29) is 19.1 Å². The van der Waals surface area contributed by atoms with E-state index in [1.165, 1.54) is 12.2 Å². The summed E-state index contributed by atoms with van der Waals surface area (Å²) >= 11 is 0. The highest BCUT2D eigenvalue weighted by molar-refractivity contribution is 5.91. The summed E-state index contributed by atoms with van der Waals surface area (Å²) in [7, 11) is 0. The van der Waals surface area contributed by atoms with E-state index >= 15 is 0 Å². The number of hydrogen-bond donors (Lipinski definition) is 3. The highest BCUT2D eigenvalue weighted by Crippen LogP contribution is 2.44. The fourth-order valence-corrected chi connectivity index (χ4v) is 4.09. The van der Waals surface area contributed by atoms with E-state index in [9.17, 15) is 19.5 Å². The third-order valence-electron chi connectivity index (χ3n) is 5.86. The smallest absolute Gasteiger partial charge is 0.407 e. The molecule has 1 saturated carbocycles. The van der Waals surface area contributed by atoms with Gasteiger partial charge < -0.3 is 20.5 Å². The number of alkyl carbamates (subject to hydrolysis) is 1. The van der Waals surface area contributed by atoms with E-state index in [0.717, 1.165) is 35.1 Å². The molecule has 2 aliphatic rings. The van der Waals surface area contributed by atoms with Crippen molar-refractivity contribution in [1.29, 1.82) is 0 Å². The van der Waals surface area contributed by atoms with Gasteiger partial charge in [-0.15, -0.1) is 0 Å². The molecule has 0 aliphatic heterocycles. The number of carboxylic acids is 1. The van der Waals surface area contributed by atoms with E-state index in [0.29, 0.717) is 12.3 Å². The van der Waals surface area contributed by atoms with Gasteiger partial charge in [-0.25, -0.2) is 9.59 Å². The summed E-state index contributed by atoms with van der Waals surface area (Å²) in [6.07, 6.45) is 4.60. The molecule has 1 fully saturated rings. The number of amides is 2. The molecule has 7 heteroatoms. The minimum absolute atomic E-state index is 0.0195. The number of rotatable bonds is 9. The molecule has 4 rings (SSSR count). The summed E-state index contributed by atoms with van der Waals surface area (Å²) in [6.45, 7) is 0.315. The fraction of sp³-hybridized carbons (Fsp3) is 0.320. The summed E-state index contributed by atoms with van der Waals surface area (Å²) in [5, 5.41) is 14.3. The molecule has 1 unspecified atom stereocenters. The van der Waals surface area contributed by atoms with Crippen molar-refractivity contribution >= 4 is 18.0 Å². The van der Waals surface area contributed by atoms with Gasteiger partial charge in [0.1, 0.15) is 12.6 Å². The van der Waals surface area contributed by atoms with Crippen molar-refractivity contribution < 1.29 is 24.2 Å². The highest BCUT2D eigenvalue weighted by atomic mass is 16.5. The van der Waals surface area contributed by atoms with Crippen LogP contribution in [0.2, 0.25) is 0 Å². The lowest BCUT2D eigenvalue weighted by molar-refractivity contribution is -0.141. The van der Waals surface area contributed by atoms with Crippen LogP contribution < -0.4 is 10.6 Å². The Balaban J connectivity index is 1.23. The number of carbonyl (C=O) groups is 3. The van der Waals surface area contributed by atoms with Gasteiger partial charge in [0.15, 0.2) is 0 Å². The molecule has 0 heterocycles. The molecule has 2 aromatic carbocycles. The summed E-state index contributed by atoms with van der Waals surface area (Å²) in [5.74, 6) is -1.16. The van der Waals surface area contributed by atoms with Crippen molar-refractivity contribution in [2.24, 2.45) is 5.92 Å². The van der Waals surface area contributed by atoms with Crippen LogP contribution in [0.4, 0.5) is 4.79 Å². The Morgan fingerprint density at radius 1 is 1.03 bits per heavy atom. The van der Waals surface area contributed by atoms with Crippen molar-refractivity contribution in [1.82, 2.24) is 10.6 Å². The number of ether oxygens (including phenoxy) is 1. The largest absolute Gasteiger partial charge is 0.480 e. The number of fused-ring (bicyclic) bond motifs is 3. The van der Waals surface area contributed by atoms with Gasteiger partial charge in [0.25, 0.3) is 0 Å². The first-order valence-corrected chi connectivity index (χ1v) is 10.8. The third-order valence-corrected chi connectivity index (χ3v) is 5.86. The number of benzene rings is 2. The van der Waals surface area contributed by atoms with Gasteiger partial charge in [-0.2, -0.15) is 0 Å². The van der Waals surface area contributed by atoms with Crippen LogP contribution in [-0.2, 0) is 14.3 Å². The third kappa shape index (κ3) is 5.17. The lowest BCUT2D eigenvalue weighted by atomic mass is 9.98. The van der Waals surface area contributed by atoms with Gasteiger partial charge in [0.2, 0.25) is 5.91 Å². The maximum absolute atomic E-state index is 12.1. The molecule has 0 radical (unpaired) electrons. The lowest BCUT2D eigenvalue weighted by Gasteiger charge is -2.14. The van der Waals surface area contributed by atoms with Gasteiger partial charge in [0, 0.05) is 18.5 Å². The van der Waals surface area contributed by atoms with Gasteiger partial charge >= 0.3 is 12.1 Å². The van der Waals surface area contributed by atoms with Crippen molar-refractivity contribution in [2.75, 3.05) is 13.2 Å². The topological polar surface area (TPSA) is 105 Å². The Labute approximate surface area is 186 Å². The number of carboxylic acid groups (broad SMARTS) is 1. The summed E-state index contributed by atoms with van der Waals surface area (Å²) in [5.41, 5.74) is 4.59. The fourth-order valence-electron chi connectivity index (χ4n) is 4.09. The van der Waals surface area contributed by atoms with E-state index in [1.54, 1.807) is 0 Å². The standard InChI is InChI=1S/C25H26N2O5/c28-23(27-22(24(29)30)14-16-11-12-16)10-5-13-26-25(31)32-15-21-19-8-3-1-6-17(19)18-7-2-4-9-20(18)21/h1-10,16,21-22H,11-15H2,(H,26,31)(H,27,28)(H,29,30)/b10-5+. The van der Waals surface area contributed by atoms with Gasteiger partial charge in [-0.05, 0) is 34.6 Å². The van der Waals surface area contributed by atoms with E-state index < -0.39 is 24.0 Å². The molecule has 0 aromatic heterocycles. The monoisotopic (exact) mass is 434 g/mol. The molecule has 2 amide bonds. The van der Waals surface area contributed by atoms with Crippen LogP contribution in [0.25, 0.3) is 11.1 Å². The molecule has 3 N–H and O–H groups in total. The van der Waals surface area contributed by atoms with E-state index in [2.05, 4.69) is 34.9 Å². The van der Waals surface area contributed by atoms with Crippen molar-refractivity contribution in [3.63, 3.8) is 0 Å². The zero-order valence-corrected chi connectivity index (χ0v) is 17.6. The van der Waals surface area contributed by atoms with E-state index in [1.807, 2.05) is 24.3 Å². The number of aliphatic carboxylic acids is 1. The summed E-state index contributed by atoms with van der Waals surface area (Å²) < 4.78 is 5.43. The lowest BCUT2D eigenvalue weighted by Crippen LogP contribution is -2.40. The first-order valence-electron chi connectivity index (χ1n) is 10.8. The molecular formula is C25H26N2O5. The second-order valence-corrected chi connectivity index (χ2v) is 8.19. The number of hydrogen-bond acceptors (Lipinski definition) is 4. The molecular weight excluding hydrogens is 408 g/mol. The average Bonchev–Trinajstić information content (AvgIpc) is 3.55. The first kappa shape index (κ1) is 21.6. The second-order valence-electron chi connectivity index (χ2n) is 8.19. The van der Waals surface area contributed by atoms with Crippen molar-refractivity contribution in [2.45, 2.75) is 31.2 Å². The Bertz CT molecular complexity index is 999. The van der Waals surface area contributed by atoms with Crippen LogP contribution in [0.15, 0.2) is 60.7 Å². The Hall–Kier alpha value is -3.61. The molecule has 2 aromatic rings. The minimum Gasteiger partial charge on any atom is -0.480 e. The van der Waals surface area contributed by atoms with Crippen LogP contribution in [0.3, 0.4) is 0 Å². The van der Waals surface area contributed by atoms with Crippen LogP contribution >= 0.6 is 0 Å². The molecule has 1 atom stereocenters. The van der Waals surface area contributed by atoms with Crippen LogP contribution in [-0.4, -0.2) is 42.3 Å². The Morgan fingerprint density at radius 2 is 1.66 bits per heavy atom. The zero-order valence-electron chi connectivity index (χ0n) is 17.6. The quantitative estimate of drug-likeness (QED) is 0.525. The maximum atomic E-state index is 12.1. The first-order chi connectivity index (χ1) is 15.5. The molecule has 0 spiro atoms. The van der Waals surface area contributed by atoms with Gasteiger partial charge in [-0.1, -0.05) is 67.4 Å². The molecule has 0 saturated heterocycles. The Kier molecular flexibility index (Phi) is 6.54. The Morgan fingerprint density at radius 3 is 2.25 bits per heavy atom. The van der Waals surface area contributed by atoms with Crippen molar-refractivity contribution in [3.8, 4) is 11.1 Å². The van der Waals surface area contributed by atoms with Gasteiger partial charge in [-0.3, -0.25) is 4.79 Å². The number of nitrogens with one attached hydrogen (secondary N) is 2. The molecule has 166 valence electrons.